The first-order chi connectivity index (χ1) is 7.79. The minimum Gasteiger partial charge on any atom is -0.370 e. The molecule has 0 aromatic carbocycles. The van der Waals surface area contributed by atoms with E-state index in [0.29, 0.717) is 0 Å². The first kappa shape index (κ1) is 13.6. The lowest BCUT2D eigenvalue weighted by atomic mass is 10.2. The van der Waals surface area contributed by atoms with Gasteiger partial charge in [0.05, 0.1) is 5.56 Å². The molecule has 0 radical (unpaired) electrons. The lowest BCUT2D eigenvalue weighted by Crippen LogP contribution is -2.16. The van der Waals surface area contributed by atoms with Gasteiger partial charge in [0, 0.05) is 13.0 Å². The Morgan fingerprint density at radius 2 is 2.12 bits per heavy atom. The number of halogens is 4. The van der Waals surface area contributed by atoms with Crippen molar-refractivity contribution in [3.05, 3.63) is 22.8 Å². The number of hydrogen-bond donors (Lipinski definition) is 2. The minimum atomic E-state index is -4.49. The summed E-state index contributed by atoms with van der Waals surface area (Å²) in [5, 5.41) is 2.26. The zero-order chi connectivity index (χ0) is 13.1. The largest absolute Gasteiger partial charge is 0.416 e. The van der Waals surface area contributed by atoms with Crippen LogP contribution in [0.1, 0.15) is 12.0 Å². The lowest BCUT2D eigenvalue weighted by Gasteiger charge is -2.10. The van der Waals surface area contributed by atoms with Gasteiger partial charge in [0.25, 0.3) is 0 Å². The molecule has 0 spiro atoms. The van der Waals surface area contributed by atoms with Crippen LogP contribution < -0.4 is 11.1 Å². The van der Waals surface area contributed by atoms with E-state index in [9.17, 15) is 18.0 Å². The second-order valence-corrected chi connectivity index (χ2v) is 3.59. The number of carbonyl (C=O) groups excluding carboxylic acids is 1. The zero-order valence-electron chi connectivity index (χ0n) is 8.51. The summed E-state index contributed by atoms with van der Waals surface area (Å²) in [4.78, 5) is 14.1. The van der Waals surface area contributed by atoms with E-state index in [1.54, 1.807) is 0 Å². The number of alkyl halides is 3. The molecule has 0 aliphatic rings. The minimum absolute atomic E-state index is 0.00442. The van der Waals surface area contributed by atoms with Gasteiger partial charge in [0.1, 0.15) is 11.0 Å². The van der Waals surface area contributed by atoms with Gasteiger partial charge in [0.2, 0.25) is 5.91 Å². The fourth-order valence-corrected chi connectivity index (χ4v) is 1.27. The number of aromatic nitrogens is 1. The Morgan fingerprint density at radius 3 is 2.65 bits per heavy atom. The third-order valence-corrected chi connectivity index (χ3v) is 1.99. The van der Waals surface area contributed by atoms with Crippen molar-refractivity contribution < 1.29 is 18.0 Å². The van der Waals surface area contributed by atoms with Crippen LogP contribution >= 0.6 is 11.6 Å². The van der Waals surface area contributed by atoms with E-state index in [4.69, 9.17) is 17.3 Å². The molecule has 3 N–H and O–H groups in total. The molecule has 4 nitrogen and oxygen atoms in total. The maximum absolute atomic E-state index is 12.4. The highest BCUT2D eigenvalue weighted by Gasteiger charge is 2.31. The molecular weight excluding hydrogens is 259 g/mol. The average molecular weight is 268 g/mol. The summed E-state index contributed by atoms with van der Waals surface area (Å²) in [6.45, 7) is 0.0972. The maximum atomic E-state index is 12.4. The van der Waals surface area contributed by atoms with Gasteiger partial charge in [-0.3, -0.25) is 4.79 Å². The van der Waals surface area contributed by atoms with Crippen molar-refractivity contribution in [3.8, 4) is 0 Å². The number of nitrogens with one attached hydrogen (secondary N) is 1. The maximum Gasteiger partial charge on any atom is 0.416 e. The van der Waals surface area contributed by atoms with Crippen LogP contribution in [0, 0.1) is 0 Å². The Kier molecular flexibility index (Phi) is 4.17. The van der Waals surface area contributed by atoms with Gasteiger partial charge in [-0.2, -0.15) is 13.2 Å². The van der Waals surface area contributed by atoms with Crippen LogP contribution in [0.2, 0.25) is 5.15 Å². The third-order valence-electron chi connectivity index (χ3n) is 1.80. The number of pyridine rings is 1. The molecule has 0 aliphatic carbocycles. The molecule has 1 rings (SSSR count). The Labute approximate surface area is 100.0 Å². The Balaban J connectivity index is 2.79. The van der Waals surface area contributed by atoms with Crippen molar-refractivity contribution in [1.82, 2.24) is 4.98 Å². The van der Waals surface area contributed by atoms with Gasteiger partial charge in [-0.25, -0.2) is 4.98 Å². The number of anilines is 1. The molecule has 1 aromatic rings. The molecule has 0 aliphatic heterocycles. The fraction of sp³-hybridized carbons (Fsp3) is 0.333. The lowest BCUT2D eigenvalue weighted by molar-refractivity contribution is -0.137. The van der Waals surface area contributed by atoms with Crippen LogP contribution in [0.3, 0.4) is 0 Å². The number of primary amides is 1. The molecule has 17 heavy (non-hydrogen) atoms. The van der Waals surface area contributed by atoms with Crippen LogP contribution in [0.5, 0.6) is 0 Å². The number of carbonyl (C=O) groups is 1. The van der Waals surface area contributed by atoms with Gasteiger partial charge >= 0.3 is 6.18 Å². The normalized spacial score (nSPS) is 11.3. The predicted molar refractivity (Wildman–Crippen MR) is 56.6 cm³/mol. The third kappa shape index (κ3) is 4.48. The van der Waals surface area contributed by atoms with Crippen molar-refractivity contribution in [3.63, 3.8) is 0 Å². The number of hydrogen-bond acceptors (Lipinski definition) is 3. The molecule has 0 saturated carbocycles. The first-order valence-corrected chi connectivity index (χ1v) is 4.94. The van der Waals surface area contributed by atoms with Crippen LogP contribution in [0.15, 0.2) is 12.1 Å². The summed E-state index contributed by atoms with van der Waals surface area (Å²) in [7, 11) is 0. The summed E-state index contributed by atoms with van der Waals surface area (Å²) in [6.07, 6.45) is -4.50. The van der Waals surface area contributed by atoms with E-state index in [2.05, 4.69) is 10.3 Å². The summed E-state index contributed by atoms with van der Waals surface area (Å²) in [5.74, 6) is -0.610. The topological polar surface area (TPSA) is 68.0 Å². The van der Waals surface area contributed by atoms with E-state index in [1.807, 2.05) is 0 Å². The zero-order valence-corrected chi connectivity index (χ0v) is 9.27. The summed E-state index contributed by atoms with van der Waals surface area (Å²) < 4.78 is 37.2. The van der Waals surface area contributed by atoms with Gasteiger partial charge in [-0.05, 0) is 12.1 Å². The van der Waals surface area contributed by atoms with Crippen molar-refractivity contribution in [1.29, 1.82) is 0 Å². The van der Waals surface area contributed by atoms with E-state index < -0.39 is 17.6 Å². The Bertz CT molecular complexity index is 422. The van der Waals surface area contributed by atoms with Gasteiger partial charge in [-0.15, -0.1) is 0 Å². The molecule has 8 heteroatoms. The van der Waals surface area contributed by atoms with Gasteiger partial charge in [0.15, 0.2) is 0 Å². The molecule has 0 saturated heterocycles. The number of rotatable bonds is 4. The summed E-state index contributed by atoms with van der Waals surface area (Å²) in [6, 6.07) is 1.54. The van der Waals surface area contributed by atoms with Crippen LogP contribution in [0.4, 0.5) is 19.0 Å². The Hall–Kier alpha value is -1.50. The van der Waals surface area contributed by atoms with Crippen molar-refractivity contribution in [2.24, 2.45) is 5.73 Å². The number of nitrogens with two attached hydrogens (primary N) is 1. The average Bonchev–Trinajstić information content (AvgIpc) is 2.14. The van der Waals surface area contributed by atoms with Gasteiger partial charge < -0.3 is 11.1 Å². The van der Waals surface area contributed by atoms with E-state index in [0.717, 1.165) is 12.1 Å². The highest BCUT2D eigenvalue weighted by Crippen LogP contribution is 2.31. The molecular formula is C9H9ClF3N3O. The van der Waals surface area contributed by atoms with Crippen molar-refractivity contribution in [2.75, 3.05) is 11.9 Å². The number of nitrogens with zero attached hydrogens (tertiary/aromatic N) is 1. The molecule has 1 heterocycles. The standard InChI is InChI=1S/C9H9ClF3N3O/c10-6-3-5(9(11,12)13)4-8(16-6)15-2-1-7(14)17/h3-4H,1-2H2,(H2,14,17)(H,15,16). The van der Waals surface area contributed by atoms with Gasteiger partial charge in [-0.1, -0.05) is 11.6 Å². The smallest absolute Gasteiger partial charge is 0.370 e. The second-order valence-electron chi connectivity index (χ2n) is 3.20. The molecule has 0 bridgehead atoms. The Morgan fingerprint density at radius 1 is 1.47 bits per heavy atom. The van der Waals surface area contributed by atoms with Crippen molar-refractivity contribution in [2.45, 2.75) is 12.6 Å². The molecule has 0 atom stereocenters. The summed E-state index contributed by atoms with van der Waals surface area (Å²) >= 11 is 5.45. The monoisotopic (exact) mass is 267 g/mol. The molecule has 1 aromatic heterocycles. The fourth-order valence-electron chi connectivity index (χ4n) is 1.06. The molecule has 0 unspecified atom stereocenters. The highest BCUT2D eigenvalue weighted by atomic mass is 35.5. The van der Waals surface area contributed by atoms with Crippen LogP contribution in [0.25, 0.3) is 0 Å². The van der Waals surface area contributed by atoms with Crippen LogP contribution in [-0.4, -0.2) is 17.4 Å². The molecule has 1 amide bonds. The van der Waals surface area contributed by atoms with Crippen LogP contribution in [-0.2, 0) is 11.0 Å². The van der Waals surface area contributed by atoms with E-state index >= 15 is 0 Å². The molecule has 0 fully saturated rings. The van der Waals surface area contributed by atoms with E-state index in [1.165, 1.54) is 0 Å². The molecule has 94 valence electrons. The summed E-state index contributed by atoms with van der Waals surface area (Å²) in [5.41, 5.74) is 3.98. The predicted octanol–water partition coefficient (Wildman–Crippen LogP) is 2.04. The highest BCUT2D eigenvalue weighted by molar-refractivity contribution is 6.29. The first-order valence-electron chi connectivity index (χ1n) is 4.56. The van der Waals surface area contributed by atoms with Crippen molar-refractivity contribution >= 4 is 23.3 Å². The second kappa shape index (κ2) is 5.22. The number of amides is 1. The quantitative estimate of drug-likeness (QED) is 0.821. The SMILES string of the molecule is NC(=O)CCNc1cc(C(F)(F)F)cc(Cl)n1. The van der Waals surface area contributed by atoms with E-state index in [-0.39, 0.29) is 23.9 Å².